The number of rotatable bonds is 4. The Morgan fingerprint density at radius 3 is 2.58 bits per heavy atom. The van der Waals surface area contributed by atoms with Crippen molar-refractivity contribution in [3.63, 3.8) is 0 Å². The van der Waals surface area contributed by atoms with Crippen molar-refractivity contribution < 1.29 is 4.39 Å². The Labute approximate surface area is 139 Å². The Kier molecular flexibility index (Phi) is 4.25. The van der Waals surface area contributed by atoms with E-state index in [-0.39, 0.29) is 11.6 Å². The fourth-order valence-corrected chi connectivity index (χ4v) is 2.60. The zero-order chi connectivity index (χ0) is 17.1. The highest BCUT2D eigenvalue weighted by atomic mass is 19.1. The van der Waals surface area contributed by atoms with Gasteiger partial charge in [-0.25, -0.2) is 14.1 Å². The third-order valence-electron chi connectivity index (χ3n) is 4.12. The van der Waals surface area contributed by atoms with Crippen molar-refractivity contribution in [2.45, 2.75) is 13.0 Å². The van der Waals surface area contributed by atoms with Crippen LogP contribution in [0, 0.1) is 17.1 Å². The average Bonchev–Trinajstić information content (AvgIpc) is 3.15. The van der Waals surface area contributed by atoms with Gasteiger partial charge in [-0.05, 0) is 36.8 Å². The Bertz CT molecular complexity index is 865. The van der Waals surface area contributed by atoms with Crippen LogP contribution in [-0.4, -0.2) is 21.8 Å². The molecule has 1 atom stereocenters. The highest BCUT2D eigenvalue weighted by Crippen LogP contribution is 2.29. The number of anilines is 1. The van der Waals surface area contributed by atoms with E-state index in [4.69, 9.17) is 0 Å². The number of benzene rings is 2. The van der Waals surface area contributed by atoms with Gasteiger partial charge in [-0.15, -0.1) is 0 Å². The second kappa shape index (κ2) is 6.50. The standard InChI is InChI=1S/C18H16FN5/c1-13(23(2)18-5-3-4-17(19)16(18)10-20)14-6-8-15(9-7-14)24-12-21-11-22-24/h3-9,11-13H,1-2H3. The molecule has 0 spiro atoms. The first-order valence-electron chi connectivity index (χ1n) is 7.48. The lowest BCUT2D eigenvalue weighted by Crippen LogP contribution is -2.22. The number of halogens is 1. The molecule has 5 nitrogen and oxygen atoms in total. The van der Waals surface area contributed by atoms with E-state index >= 15 is 0 Å². The van der Waals surface area contributed by atoms with Gasteiger partial charge in [0.15, 0.2) is 0 Å². The van der Waals surface area contributed by atoms with Crippen molar-refractivity contribution in [3.05, 3.63) is 72.1 Å². The molecule has 0 fully saturated rings. The molecule has 1 unspecified atom stereocenters. The van der Waals surface area contributed by atoms with Gasteiger partial charge in [0, 0.05) is 7.05 Å². The van der Waals surface area contributed by atoms with Crippen molar-refractivity contribution in [1.82, 2.24) is 14.8 Å². The predicted molar refractivity (Wildman–Crippen MR) is 89.3 cm³/mol. The lowest BCUT2D eigenvalue weighted by molar-refractivity contribution is 0.621. The molecule has 0 saturated carbocycles. The molecule has 1 aromatic heterocycles. The molecule has 0 radical (unpaired) electrons. The van der Waals surface area contributed by atoms with Crippen molar-refractivity contribution in [2.24, 2.45) is 0 Å². The molecular formula is C18H16FN5. The number of nitrogens with zero attached hydrogens (tertiary/aromatic N) is 5. The summed E-state index contributed by atoms with van der Waals surface area (Å²) in [6, 6.07) is 14.5. The zero-order valence-corrected chi connectivity index (χ0v) is 13.4. The zero-order valence-electron chi connectivity index (χ0n) is 13.4. The number of hydrogen-bond acceptors (Lipinski definition) is 4. The van der Waals surface area contributed by atoms with Gasteiger partial charge in [0.1, 0.15) is 30.1 Å². The summed E-state index contributed by atoms with van der Waals surface area (Å²) in [6.07, 6.45) is 3.12. The van der Waals surface area contributed by atoms with Gasteiger partial charge in [-0.2, -0.15) is 10.4 Å². The largest absolute Gasteiger partial charge is 0.367 e. The Balaban J connectivity index is 1.88. The monoisotopic (exact) mass is 321 g/mol. The van der Waals surface area contributed by atoms with Crippen LogP contribution in [-0.2, 0) is 0 Å². The second-order valence-electron chi connectivity index (χ2n) is 5.46. The lowest BCUT2D eigenvalue weighted by atomic mass is 10.0. The van der Waals surface area contributed by atoms with Gasteiger partial charge in [-0.1, -0.05) is 18.2 Å². The van der Waals surface area contributed by atoms with Gasteiger partial charge in [0.25, 0.3) is 0 Å². The van der Waals surface area contributed by atoms with Crippen molar-refractivity contribution >= 4 is 5.69 Å². The minimum Gasteiger partial charge on any atom is -0.367 e. The van der Waals surface area contributed by atoms with Gasteiger partial charge < -0.3 is 4.90 Å². The predicted octanol–water partition coefficient (Wildman–Crippen LogP) is 3.48. The van der Waals surface area contributed by atoms with E-state index in [0.29, 0.717) is 5.69 Å². The summed E-state index contributed by atoms with van der Waals surface area (Å²) in [6.45, 7) is 2.01. The molecular weight excluding hydrogens is 305 g/mol. The van der Waals surface area contributed by atoms with Crippen LogP contribution in [0.25, 0.3) is 5.69 Å². The summed E-state index contributed by atoms with van der Waals surface area (Å²) in [5.74, 6) is -0.504. The Morgan fingerprint density at radius 1 is 1.21 bits per heavy atom. The van der Waals surface area contributed by atoms with Crippen molar-refractivity contribution in [3.8, 4) is 11.8 Å². The van der Waals surface area contributed by atoms with Crippen LogP contribution < -0.4 is 4.90 Å². The van der Waals surface area contributed by atoms with E-state index < -0.39 is 5.82 Å². The first-order chi connectivity index (χ1) is 11.6. The quantitative estimate of drug-likeness (QED) is 0.738. The summed E-state index contributed by atoms with van der Waals surface area (Å²) in [4.78, 5) is 5.82. The number of aromatic nitrogens is 3. The molecule has 0 amide bonds. The van der Waals surface area contributed by atoms with E-state index in [1.54, 1.807) is 23.1 Å². The third kappa shape index (κ3) is 2.84. The maximum Gasteiger partial charge on any atom is 0.143 e. The first-order valence-corrected chi connectivity index (χ1v) is 7.48. The number of nitriles is 1. The molecule has 0 aliphatic carbocycles. The molecule has 6 heteroatoms. The van der Waals surface area contributed by atoms with E-state index in [1.165, 1.54) is 12.4 Å². The van der Waals surface area contributed by atoms with E-state index in [0.717, 1.165) is 11.3 Å². The van der Waals surface area contributed by atoms with E-state index in [2.05, 4.69) is 10.1 Å². The fraction of sp³-hybridized carbons (Fsp3) is 0.167. The SMILES string of the molecule is CC(c1ccc(-n2cncn2)cc1)N(C)c1cccc(F)c1C#N. The maximum atomic E-state index is 13.8. The summed E-state index contributed by atoms with van der Waals surface area (Å²) < 4.78 is 15.5. The van der Waals surface area contributed by atoms with Crippen LogP contribution in [0.2, 0.25) is 0 Å². The normalized spacial score (nSPS) is 11.8. The minimum atomic E-state index is -0.504. The molecule has 0 bridgehead atoms. The van der Waals surface area contributed by atoms with Gasteiger partial charge in [0.05, 0.1) is 17.4 Å². The summed E-state index contributed by atoms with van der Waals surface area (Å²) >= 11 is 0. The first kappa shape index (κ1) is 15.7. The molecule has 120 valence electrons. The fourth-order valence-electron chi connectivity index (χ4n) is 2.60. The van der Waals surface area contributed by atoms with Crippen molar-refractivity contribution in [1.29, 1.82) is 5.26 Å². The van der Waals surface area contributed by atoms with Crippen LogP contribution in [0.3, 0.4) is 0 Å². The van der Waals surface area contributed by atoms with E-state index in [9.17, 15) is 9.65 Å². The molecule has 3 aromatic rings. The van der Waals surface area contributed by atoms with Gasteiger partial charge in [-0.3, -0.25) is 0 Å². The summed E-state index contributed by atoms with van der Waals surface area (Å²) in [5.41, 5.74) is 2.60. The summed E-state index contributed by atoms with van der Waals surface area (Å²) in [7, 11) is 1.85. The lowest BCUT2D eigenvalue weighted by Gasteiger charge is -2.28. The molecule has 0 aliphatic rings. The van der Waals surface area contributed by atoms with Crippen LogP contribution in [0.1, 0.15) is 24.1 Å². The topological polar surface area (TPSA) is 57.7 Å². The van der Waals surface area contributed by atoms with Crippen LogP contribution in [0.5, 0.6) is 0 Å². The summed E-state index contributed by atoms with van der Waals surface area (Å²) in [5, 5.41) is 13.3. The van der Waals surface area contributed by atoms with Gasteiger partial charge >= 0.3 is 0 Å². The molecule has 2 aromatic carbocycles. The third-order valence-corrected chi connectivity index (χ3v) is 4.12. The second-order valence-corrected chi connectivity index (χ2v) is 5.46. The number of hydrogen-bond donors (Lipinski definition) is 0. The average molecular weight is 321 g/mol. The van der Waals surface area contributed by atoms with E-state index in [1.807, 2.05) is 49.2 Å². The van der Waals surface area contributed by atoms with Crippen LogP contribution in [0.15, 0.2) is 55.1 Å². The maximum absolute atomic E-state index is 13.8. The van der Waals surface area contributed by atoms with Crippen LogP contribution in [0.4, 0.5) is 10.1 Å². The highest BCUT2D eigenvalue weighted by Gasteiger charge is 2.17. The smallest absolute Gasteiger partial charge is 0.143 e. The molecule has 3 rings (SSSR count). The molecule has 1 heterocycles. The highest BCUT2D eigenvalue weighted by molar-refractivity contribution is 5.60. The molecule has 0 saturated heterocycles. The Hall–Kier alpha value is -3.20. The van der Waals surface area contributed by atoms with Crippen LogP contribution >= 0.6 is 0 Å². The molecule has 0 aliphatic heterocycles. The molecule has 0 N–H and O–H groups in total. The molecule has 24 heavy (non-hydrogen) atoms. The Morgan fingerprint density at radius 2 is 1.96 bits per heavy atom. The van der Waals surface area contributed by atoms with Gasteiger partial charge in [0.2, 0.25) is 0 Å². The van der Waals surface area contributed by atoms with Crippen molar-refractivity contribution in [2.75, 3.05) is 11.9 Å². The minimum absolute atomic E-state index is 0.0244.